The van der Waals surface area contributed by atoms with Crippen molar-refractivity contribution in [3.63, 3.8) is 0 Å². The van der Waals surface area contributed by atoms with E-state index in [1.54, 1.807) is 0 Å². The molecule has 7 unspecified atom stereocenters. The molecule has 0 aromatic rings. The van der Waals surface area contributed by atoms with E-state index in [1.165, 1.54) is 25.7 Å². The maximum absolute atomic E-state index is 12.8. The number of allylic oxidation sites excluding steroid dienone is 3. The van der Waals surface area contributed by atoms with Gasteiger partial charge in [-0.05, 0) is 68.6 Å². The highest BCUT2D eigenvalue weighted by molar-refractivity contribution is 5.91. The Morgan fingerprint density at radius 3 is 2.64 bits per heavy atom. The molecule has 2 saturated carbocycles. The fraction of sp³-hybridized carbons (Fsp3) is 0.750. The highest BCUT2D eigenvalue weighted by Gasteiger charge is 2.51. The van der Waals surface area contributed by atoms with Crippen molar-refractivity contribution in [2.24, 2.45) is 35.5 Å². The Bertz CT molecular complexity index is 542. The van der Waals surface area contributed by atoms with Crippen molar-refractivity contribution in [2.45, 2.75) is 58.5 Å². The van der Waals surface area contributed by atoms with Gasteiger partial charge in [-0.15, -0.1) is 0 Å². The van der Waals surface area contributed by atoms with E-state index in [4.69, 9.17) is 4.74 Å². The van der Waals surface area contributed by atoms with Gasteiger partial charge in [-0.2, -0.15) is 0 Å². The number of rotatable bonds is 2. The fourth-order valence-corrected chi connectivity index (χ4v) is 5.64. The molecule has 0 spiro atoms. The van der Waals surface area contributed by atoms with Crippen LogP contribution in [-0.4, -0.2) is 11.6 Å². The normalized spacial score (nSPS) is 49.1. The summed E-state index contributed by atoms with van der Waals surface area (Å²) in [5, 5.41) is 0. The van der Waals surface area contributed by atoms with E-state index < -0.39 is 0 Å². The predicted octanol–water partition coefficient (Wildman–Crippen LogP) is 4.51. The first-order valence-electron chi connectivity index (χ1n) is 9.09. The first kappa shape index (κ1) is 14.5. The van der Waals surface area contributed by atoms with Gasteiger partial charge in [0.1, 0.15) is 5.60 Å². The number of carbonyl (C=O) groups is 1. The third-order valence-corrected chi connectivity index (χ3v) is 6.97. The van der Waals surface area contributed by atoms with Gasteiger partial charge in [0.15, 0.2) is 0 Å². The Morgan fingerprint density at radius 1 is 1.14 bits per heavy atom. The van der Waals surface area contributed by atoms with Crippen LogP contribution >= 0.6 is 0 Å². The minimum absolute atomic E-state index is 0.0390. The largest absolute Gasteiger partial charge is 0.455 e. The van der Waals surface area contributed by atoms with Crippen LogP contribution in [0, 0.1) is 35.5 Å². The first-order valence-corrected chi connectivity index (χ1v) is 9.09. The summed E-state index contributed by atoms with van der Waals surface area (Å²) in [6.45, 7) is 6.86. The lowest BCUT2D eigenvalue weighted by molar-refractivity contribution is -0.180. The number of esters is 1. The Hall–Kier alpha value is -1.05. The molecule has 2 heteroatoms. The van der Waals surface area contributed by atoms with Gasteiger partial charge in [0.2, 0.25) is 0 Å². The average molecular weight is 300 g/mol. The molecule has 0 radical (unpaired) electrons. The summed E-state index contributed by atoms with van der Waals surface area (Å²) in [7, 11) is 0. The highest BCUT2D eigenvalue weighted by atomic mass is 16.6. The molecule has 7 atom stereocenters. The zero-order valence-electron chi connectivity index (χ0n) is 14.0. The summed E-state index contributed by atoms with van der Waals surface area (Å²) in [4.78, 5) is 12.8. The Morgan fingerprint density at radius 2 is 1.95 bits per heavy atom. The van der Waals surface area contributed by atoms with Crippen LogP contribution in [0.4, 0.5) is 0 Å². The number of hydrogen-bond acceptors (Lipinski definition) is 2. The smallest absolute Gasteiger partial charge is 0.334 e. The molecule has 120 valence electrons. The number of carbonyl (C=O) groups excluding carboxylic acids is 1. The molecule has 0 saturated heterocycles. The molecule has 0 aromatic heterocycles. The first-order chi connectivity index (χ1) is 10.5. The summed E-state index contributed by atoms with van der Waals surface area (Å²) < 4.78 is 6.22. The van der Waals surface area contributed by atoms with Crippen LogP contribution in [0.3, 0.4) is 0 Å². The van der Waals surface area contributed by atoms with Crippen LogP contribution in [0.25, 0.3) is 0 Å². The SMILES string of the molecule is CC1CC2CC(C)C(C)(OC(=O)C3=CC4C=CC3C4)C(C1)C2. The number of ether oxygens (including phenoxy) is 1. The third-order valence-electron chi connectivity index (χ3n) is 6.97. The summed E-state index contributed by atoms with van der Waals surface area (Å²) in [5.41, 5.74) is 0.654. The standard InChI is InChI=1S/C20H28O2/c1-12-6-15-8-13(2)20(3,17(7-12)10-15)22-19(21)18-11-14-4-5-16(18)9-14/h4-5,11-17H,6-10H2,1-3H3. The van der Waals surface area contributed by atoms with Crippen LogP contribution in [0.1, 0.15) is 52.9 Å². The van der Waals surface area contributed by atoms with E-state index in [-0.39, 0.29) is 11.6 Å². The second-order valence-corrected chi connectivity index (χ2v) is 8.60. The summed E-state index contributed by atoms with van der Waals surface area (Å²) in [6.07, 6.45) is 12.7. The number of hydrogen-bond donors (Lipinski definition) is 0. The molecule has 2 nitrogen and oxygen atoms in total. The Labute approximate surface area is 134 Å². The van der Waals surface area contributed by atoms with Crippen molar-refractivity contribution in [1.82, 2.24) is 0 Å². The summed E-state index contributed by atoms with van der Waals surface area (Å²) in [5.74, 6) is 3.40. The molecular formula is C20H28O2. The van der Waals surface area contributed by atoms with Gasteiger partial charge in [-0.1, -0.05) is 32.1 Å². The average Bonchev–Trinajstić information content (AvgIpc) is 3.07. The third kappa shape index (κ3) is 2.18. The van der Waals surface area contributed by atoms with Crippen molar-refractivity contribution in [3.8, 4) is 0 Å². The highest BCUT2D eigenvalue weighted by Crippen LogP contribution is 2.52. The quantitative estimate of drug-likeness (QED) is 0.554. The lowest BCUT2D eigenvalue weighted by Gasteiger charge is -2.52. The zero-order valence-corrected chi connectivity index (χ0v) is 14.0. The predicted molar refractivity (Wildman–Crippen MR) is 87.1 cm³/mol. The minimum Gasteiger partial charge on any atom is -0.455 e. The van der Waals surface area contributed by atoms with Crippen molar-refractivity contribution in [2.75, 3.05) is 0 Å². The number of fused-ring (bicyclic) bond motifs is 4. The molecule has 0 heterocycles. The molecule has 0 aliphatic heterocycles. The minimum atomic E-state index is -0.269. The molecule has 0 aromatic carbocycles. The van der Waals surface area contributed by atoms with Crippen LogP contribution in [0.5, 0.6) is 0 Å². The topological polar surface area (TPSA) is 26.3 Å². The molecule has 22 heavy (non-hydrogen) atoms. The molecule has 0 N–H and O–H groups in total. The second-order valence-electron chi connectivity index (χ2n) is 8.60. The van der Waals surface area contributed by atoms with Crippen molar-refractivity contribution in [3.05, 3.63) is 23.8 Å². The molecule has 0 amide bonds. The van der Waals surface area contributed by atoms with Crippen molar-refractivity contribution < 1.29 is 9.53 Å². The van der Waals surface area contributed by atoms with E-state index in [2.05, 4.69) is 39.0 Å². The van der Waals surface area contributed by atoms with Gasteiger partial charge >= 0.3 is 5.97 Å². The fourth-order valence-electron chi connectivity index (χ4n) is 5.64. The molecule has 4 rings (SSSR count). The van der Waals surface area contributed by atoms with E-state index in [0.29, 0.717) is 23.7 Å². The van der Waals surface area contributed by atoms with E-state index >= 15 is 0 Å². The monoisotopic (exact) mass is 300 g/mol. The van der Waals surface area contributed by atoms with Crippen LogP contribution in [-0.2, 0) is 9.53 Å². The van der Waals surface area contributed by atoms with Crippen LogP contribution < -0.4 is 0 Å². The van der Waals surface area contributed by atoms with Gasteiger partial charge < -0.3 is 4.74 Å². The van der Waals surface area contributed by atoms with Gasteiger partial charge in [-0.3, -0.25) is 0 Å². The lowest BCUT2D eigenvalue weighted by Crippen LogP contribution is -2.52. The van der Waals surface area contributed by atoms with Crippen molar-refractivity contribution in [1.29, 1.82) is 0 Å². The van der Waals surface area contributed by atoms with Gasteiger partial charge in [0, 0.05) is 11.5 Å². The Balaban J connectivity index is 1.53. The molecule has 4 bridgehead atoms. The van der Waals surface area contributed by atoms with E-state index in [1.807, 2.05) is 0 Å². The van der Waals surface area contributed by atoms with Gasteiger partial charge in [-0.25, -0.2) is 4.79 Å². The van der Waals surface area contributed by atoms with Crippen LogP contribution in [0.2, 0.25) is 0 Å². The molecule has 2 fully saturated rings. The zero-order chi connectivity index (χ0) is 15.5. The molecular weight excluding hydrogens is 272 g/mol. The maximum atomic E-state index is 12.8. The lowest BCUT2D eigenvalue weighted by atomic mass is 9.58. The van der Waals surface area contributed by atoms with Gasteiger partial charge in [0.25, 0.3) is 0 Å². The summed E-state index contributed by atoms with van der Waals surface area (Å²) >= 11 is 0. The Kier molecular flexibility index (Phi) is 3.29. The maximum Gasteiger partial charge on any atom is 0.334 e. The second kappa shape index (κ2) is 4.97. The van der Waals surface area contributed by atoms with E-state index in [9.17, 15) is 4.79 Å². The molecule has 4 aliphatic carbocycles. The summed E-state index contributed by atoms with van der Waals surface area (Å²) in [6, 6.07) is 0. The van der Waals surface area contributed by atoms with Gasteiger partial charge in [0.05, 0.1) is 0 Å². The van der Waals surface area contributed by atoms with Crippen molar-refractivity contribution >= 4 is 5.97 Å². The van der Waals surface area contributed by atoms with Crippen LogP contribution in [0.15, 0.2) is 23.8 Å². The van der Waals surface area contributed by atoms with E-state index in [0.717, 1.165) is 23.8 Å². The molecule has 4 aliphatic rings.